The van der Waals surface area contributed by atoms with E-state index in [0.29, 0.717) is 22.5 Å². The van der Waals surface area contributed by atoms with E-state index >= 15 is 0 Å². The van der Waals surface area contributed by atoms with Crippen molar-refractivity contribution in [1.82, 2.24) is 20.4 Å². The highest BCUT2D eigenvalue weighted by molar-refractivity contribution is 7.13. The molecule has 0 atom stereocenters. The lowest BCUT2D eigenvalue weighted by Gasteiger charge is -2.12. The minimum absolute atomic E-state index is 0.214. The monoisotopic (exact) mass is 391 g/mol. The molecule has 2 aromatic carbocycles. The molecule has 0 bridgehead atoms. The van der Waals surface area contributed by atoms with Gasteiger partial charge in [0.25, 0.3) is 5.91 Å². The van der Waals surface area contributed by atoms with E-state index in [-0.39, 0.29) is 5.91 Å². The van der Waals surface area contributed by atoms with Crippen molar-refractivity contribution in [2.45, 2.75) is 20.8 Å². The van der Waals surface area contributed by atoms with Crippen LogP contribution in [0.1, 0.15) is 27.4 Å². The molecule has 8 heteroatoms. The summed E-state index contributed by atoms with van der Waals surface area (Å²) < 4.78 is 5.51. The number of amides is 1. The molecule has 0 fully saturated rings. The van der Waals surface area contributed by atoms with E-state index in [2.05, 4.69) is 25.7 Å². The fourth-order valence-electron chi connectivity index (χ4n) is 2.96. The standard InChI is InChI=1S/C20H17N5O2S/c1-11-4-5-14(18(26)22-20-25-21-10-28-20)9-17(11)16-7-6-15(8-12(16)2)19-24-23-13(3)27-19/h4-10H,1-3H3,(H,22,25,26). The van der Waals surface area contributed by atoms with Crippen LogP contribution < -0.4 is 5.32 Å². The first-order chi connectivity index (χ1) is 13.5. The second-order valence-corrected chi connectivity index (χ2v) is 7.22. The third-order valence-electron chi connectivity index (χ3n) is 4.37. The molecule has 140 valence electrons. The first-order valence-electron chi connectivity index (χ1n) is 8.61. The lowest BCUT2D eigenvalue weighted by molar-refractivity contribution is 0.102. The summed E-state index contributed by atoms with van der Waals surface area (Å²) in [6.45, 7) is 5.81. The van der Waals surface area contributed by atoms with Gasteiger partial charge < -0.3 is 4.42 Å². The Bertz CT molecular complexity index is 1150. The van der Waals surface area contributed by atoms with Crippen molar-refractivity contribution in [1.29, 1.82) is 0 Å². The molecule has 0 aliphatic carbocycles. The number of hydrogen-bond acceptors (Lipinski definition) is 7. The minimum atomic E-state index is -0.214. The molecule has 1 N–H and O–H groups in total. The average molecular weight is 391 g/mol. The van der Waals surface area contributed by atoms with Crippen LogP contribution in [0.15, 0.2) is 46.3 Å². The van der Waals surface area contributed by atoms with Gasteiger partial charge in [0.1, 0.15) is 5.51 Å². The predicted octanol–water partition coefficient (Wildman–Crippen LogP) is 4.43. The third-order valence-corrected chi connectivity index (χ3v) is 4.98. The molecule has 2 aromatic heterocycles. The molecule has 0 saturated carbocycles. The molecule has 4 rings (SSSR count). The smallest absolute Gasteiger partial charge is 0.257 e. The fourth-order valence-corrected chi connectivity index (χ4v) is 3.40. The summed E-state index contributed by atoms with van der Waals surface area (Å²) in [5.41, 5.74) is 7.18. The topological polar surface area (TPSA) is 93.8 Å². The van der Waals surface area contributed by atoms with Crippen molar-refractivity contribution in [2.24, 2.45) is 0 Å². The maximum Gasteiger partial charge on any atom is 0.257 e. The highest BCUT2D eigenvalue weighted by Crippen LogP contribution is 2.31. The number of aromatic nitrogens is 4. The SMILES string of the molecule is Cc1nnc(-c2ccc(-c3cc(C(=O)Nc4nncs4)ccc3C)c(C)c2)o1. The highest BCUT2D eigenvalue weighted by Gasteiger charge is 2.14. The van der Waals surface area contributed by atoms with Crippen molar-refractivity contribution in [3.05, 3.63) is 64.5 Å². The van der Waals surface area contributed by atoms with Gasteiger partial charge in [0, 0.05) is 18.1 Å². The molecule has 4 aromatic rings. The van der Waals surface area contributed by atoms with E-state index in [4.69, 9.17) is 4.42 Å². The lowest BCUT2D eigenvalue weighted by Crippen LogP contribution is -2.12. The van der Waals surface area contributed by atoms with Crippen LogP contribution in [0.5, 0.6) is 0 Å². The van der Waals surface area contributed by atoms with E-state index < -0.39 is 0 Å². The van der Waals surface area contributed by atoms with Crippen LogP contribution in [0, 0.1) is 20.8 Å². The van der Waals surface area contributed by atoms with Gasteiger partial charge in [-0.15, -0.1) is 20.4 Å². The number of carbonyl (C=O) groups is 1. The van der Waals surface area contributed by atoms with Crippen LogP contribution in [0.4, 0.5) is 5.13 Å². The van der Waals surface area contributed by atoms with Crippen molar-refractivity contribution >= 4 is 22.4 Å². The van der Waals surface area contributed by atoms with E-state index in [1.54, 1.807) is 18.5 Å². The largest absolute Gasteiger partial charge is 0.421 e. The zero-order valence-corrected chi connectivity index (χ0v) is 16.4. The Kier molecular flexibility index (Phi) is 4.70. The van der Waals surface area contributed by atoms with E-state index in [1.807, 2.05) is 44.2 Å². The predicted molar refractivity (Wildman–Crippen MR) is 107 cm³/mol. The van der Waals surface area contributed by atoms with Gasteiger partial charge in [0.15, 0.2) is 0 Å². The van der Waals surface area contributed by atoms with Crippen LogP contribution in [0.3, 0.4) is 0 Å². The third kappa shape index (κ3) is 3.54. The van der Waals surface area contributed by atoms with Gasteiger partial charge >= 0.3 is 0 Å². The fraction of sp³-hybridized carbons (Fsp3) is 0.150. The minimum Gasteiger partial charge on any atom is -0.421 e. The van der Waals surface area contributed by atoms with Gasteiger partial charge in [-0.1, -0.05) is 23.5 Å². The Balaban J connectivity index is 1.67. The lowest BCUT2D eigenvalue weighted by atomic mass is 9.93. The molecule has 0 unspecified atom stereocenters. The molecular weight excluding hydrogens is 374 g/mol. The molecule has 7 nitrogen and oxygen atoms in total. The number of rotatable bonds is 4. The first kappa shape index (κ1) is 18.0. The Morgan fingerprint density at radius 2 is 1.82 bits per heavy atom. The van der Waals surface area contributed by atoms with Crippen LogP contribution in [0.25, 0.3) is 22.6 Å². The van der Waals surface area contributed by atoms with Crippen molar-refractivity contribution in [3.8, 4) is 22.6 Å². The summed E-state index contributed by atoms with van der Waals surface area (Å²) in [6.07, 6.45) is 0. The zero-order chi connectivity index (χ0) is 19.7. The van der Waals surface area contributed by atoms with Crippen LogP contribution in [-0.2, 0) is 0 Å². The Morgan fingerprint density at radius 1 is 0.964 bits per heavy atom. The van der Waals surface area contributed by atoms with Gasteiger partial charge in [-0.05, 0) is 60.4 Å². The summed E-state index contributed by atoms with van der Waals surface area (Å²) in [7, 11) is 0. The maximum absolute atomic E-state index is 12.5. The van der Waals surface area contributed by atoms with Crippen LogP contribution in [-0.4, -0.2) is 26.3 Å². The molecule has 0 aliphatic heterocycles. The Labute approximate surface area is 165 Å². The number of aryl methyl sites for hydroxylation is 3. The van der Waals surface area contributed by atoms with Crippen molar-refractivity contribution < 1.29 is 9.21 Å². The quantitative estimate of drug-likeness (QED) is 0.553. The van der Waals surface area contributed by atoms with Crippen molar-refractivity contribution in [2.75, 3.05) is 5.32 Å². The summed E-state index contributed by atoms with van der Waals surface area (Å²) in [6, 6.07) is 11.6. The van der Waals surface area contributed by atoms with E-state index in [0.717, 1.165) is 27.8 Å². The zero-order valence-electron chi connectivity index (χ0n) is 15.6. The molecule has 0 aliphatic rings. The second-order valence-electron chi connectivity index (χ2n) is 6.38. The molecule has 2 heterocycles. The number of benzene rings is 2. The van der Waals surface area contributed by atoms with Gasteiger partial charge in [-0.3, -0.25) is 10.1 Å². The average Bonchev–Trinajstić information content (AvgIpc) is 3.34. The second kappa shape index (κ2) is 7.32. The number of anilines is 1. The highest BCUT2D eigenvalue weighted by atomic mass is 32.1. The normalized spacial score (nSPS) is 10.8. The first-order valence-corrected chi connectivity index (χ1v) is 9.49. The molecule has 1 amide bonds. The van der Waals surface area contributed by atoms with Crippen LogP contribution >= 0.6 is 11.3 Å². The summed E-state index contributed by atoms with van der Waals surface area (Å²) in [4.78, 5) is 12.5. The molecule has 0 spiro atoms. The molecule has 0 saturated heterocycles. The van der Waals surface area contributed by atoms with E-state index in [9.17, 15) is 4.79 Å². The van der Waals surface area contributed by atoms with Crippen molar-refractivity contribution in [3.63, 3.8) is 0 Å². The number of nitrogens with one attached hydrogen (secondary N) is 1. The van der Waals surface area contributed by atoms with Gasteiger partial charge in [0.2, 0.25) is 16.9 Å². The van der Waals surface area contributed by atoms with Gasteiger partial charge in [-0.2, -0.15) is 0 Å². The van der Waals surface area contributed by atoms with Gasteiger partial charge in [0.05, 0.1) is 0 Å². The molecule has 0 radical (unpaired) electrons. The summed E-state index contributed by atoms with van der Waals surface area (Å²) >= 11 is 1.28. The number of hydrogen-bond donors (Lipinski definition) is 1. The number of nitrogens with zero attached hydrogens (tertiary/aromatic N) is 4. The Hall–Kier alpha value is -3.39. The van der Waals surface area contributed by atoms with E-state index in [1.165, 1.54) is 11.3 Å². The molecule has 28 heavy (non-hydrogen) atoms. The summed E-state index contributed by atoms with van der Waals surface area (Å²) in [5.74, 6) is 0.810. The summed E-state index contributed by atoms with van der Waals surface area (Å²) in [5, 5.41) is 18.8. The van der Waals surface area contributed by atoms with Crippen LogP contribution in [0.2, 0.25) is 0 Å². The molecular formula is C20H17N5O2S. The van der Waals surface area contributed by atoms with Gasteiger partial charge in [-0.25, -0.2) is 0 Å². The Morgan fingerprint density at radius 3 is 2.50 bits per heavy atom. The maximum atomic E-state index is 12.5. The number of carbonyl (C=O) groups excluding carboxylic acids is 1.